The van der Waals surface area contributed by atoms with Crippen molar-refractivity contribution in [2.75, 3.05) is 5.32 Å². The van der Waals surface area contributed by atoms with E-state index in [1.165, 1.54) is 12.1 Å². The Kier molecular flexibility index (Phi) is 3.22. The van der Waals surface area contributed by atoms with Crippen LogP contribution in [0, 0.1) is 5.82 Å². The standard InChI is InChI=1S/C16H13ClFNO/c17-12-6-7-14(13(18)10-12)19-15(20)16(8-9-16)11-4-2-1-3-5-11/h1-7,10H,8-9H2,(H,19,20). The summed E-state index contributed by atoms with van der Waals surface area (Å²) in [4.78, 5) is 12.4. The highest BCUT2D eigenvalue weighted by atomic mass is 35.5. The zero-order valence-electron chi connectivity index (χ0n) is 10.7. The van der Waals surface area contributed by atoms with Gasteiger partial charge in [0.1, 0.15) is 5.82 Å². The van der Waals surface area contributed by atoms with Gasteiger partial charge in [0, 0.05) is 5.02 Å². The zero-order valence-corrected chi connectivity index (χ0v) is 11.5. The van der Waals surface area contributed by atoms with Crippen molar-refractivity contribution in [1.29, 1.82) is 0 Å². The average molecular weight is 290 g/mol. The lowest BCUT2D eigenvalue weighted by atomic mass is 9.95. The van der Waals surface area contributed by atoms with Crippen LogP contribution in [-0.2, 0) is 10.2 Å². The Morgan fingerprint density at radius 3 is 2.45 bits per heavy atom. The number of carbonyl (C=O) groups excluding carboxylic acids is 1. The molecular weight excluding hydrogens is 277 g/mol. The predicted octanol–water partition coefficient (Wildman–Crippen LogP) is 4.15. The molecule has 0 bridgehead atoms. The van der Waals surface area contributed by atoms with Gasteiger partial charge in [-0.1, -0.05) is 41.9 Å². The van der Waals surface area contributed by atoms with Gasteiger partial charge >= 0.3 is 0 Å². The highest BCUT2D eigenvalue weighted by Crippen LogP contribution is 2.49. The molecule has 0 aliphatic heterocycles. The Bertz CT molecular complexity index is 653. The molecule has 0 unspecified atom stereocenters. The van der Waals surface area contributed by atoms with Crippen molar-refractivity contribution in [1.82, 2.24) is 0 Å². The van der Waals surface area contributed by atoms with Gasteiger partial charge in [0.2, 0.25) is 5.91 Å². The summed E-state index contributed by atoms with van der Waals surface area (Å²) in [6.45, 7) is 0. The number of hydrogen-bond acceptors (Lipinski definition) is 1. The van der Waals surface area contributed by atoms with Crippen molar-refractivity contribution >= 4 is 23.2 Å². The molecule has 1 saturated carbocycles. The summed E-state index contributed by atoms with van der Waals surface area (Å²) in [5.74, 6) is -0.681. The Balaban J connectivity index is 1.83. The van der Waals surface area contributed by atoms with Crippen molar-refractivity contribution in [3.05, 3.63) is 64.9 Å². The Hall–Kier alpha value is -1.87. The largest absolute Gasteiger partial charge is 0.323 e. The van der Waals surface area contributed by atoms with Gasteiger partial charge in [-0.25, -0.2) is 4.39 Å². The number of hydrogen-bond donors (Lipinski definition) is 1. The van der Waals surface area contributed by atoms with Crippen LogP contribution in [0.5, 0.6) is 0 Å². The number of rotatable bonds is 3. The second-order valence-electron chi connectivity index (χ2n) is 5.03. The first-order valence-corrected chi connectivity index (χ1v) is 6.82. The molecule has 0 saturated heterocycles. The number of anilines is 1. The number of benzene rings is 2. The van der Waals surface area contributed by atoms with E-state index in [-0.39, 0.29) is 11.6 Å². The van der Waals surface area contributed by atoms with Crippen LogP contribution in [0.15, 0.2) is 48.5 Å². The second kappa shape index (κ2) is 4.91. The lowest BCUT2D eigenvalue weighted by Crippen LogP contribution is -2.28. The van der Waals surface area contributed by atoms with Gasteiger partial charge in [-0.05, 0) is 36.6 Å². The lowest BCUT2D eigenvalue weighted by molar-refractivity contribution is -0.118. The van der Waals surface area contributed by atoms with E-state index in [1.54, 1.807) is 6.07 Å². The summed E-state index contributed by atoms with van der Waals surface area (Å²) < 4.78 is 13.7. The fourth-order valence-electron chi connectivity index (χ4n) is 2.36. The van der Waals surface area contributed by atoms with Gasteiger partial charge in [0.05, 0.1) is 11.1 Å². The summed E-state index contributed by atoms with van der Waals surface area (Å²) in [5, 5.41) is 2.98. The van der Waals surface area contributed by atoms with E-state index >= 15 is 0 Å². The average Bonchev–Trinajstić information content (AvgIpc) is 3.24. The molecule has 0 radical (unpaired) electrons. The molecule has 1 fully saturated rings. The lowest BCUT2D eigenvalue weighted by Gasteiger charge is -2.16. The minimum atomic E-state index is -0.519. The molecule has 2 aromatic rings. The van der Waals surface area contributed by atoms with E-state index in [0.717, 1.165) is 18.4 Å². The number of carbonyl (C=O) groups is 1. The third-order valence-electron chi connectivity index (χ3n) is 3.69. The first-order chi connectivity index (χ1) is 9.62. The summed E-state index contributed by atoms with van der Waals surface area (Å²) in [5.41, 5.74) is 0.640. The van der Waals surface area contributed by atoms with Crippen molar-refractivity contribution in [2.24, 2.45) is 0 Å². The van der Waals surface area contributed by atoms with E-state index in [2.05, 4.69) is 5.32 Å². The molecular formula is C16H13ClFNO. The van der Waals surface area contributed by atoms with Gasteiger partial charge in [-0.2, -0.15) is 0 Å². The predicted molar refractivity (Wildman–Crippen MR) is 77.4 cm³/mol. The van der Waals surface area contributed by atoms with E-state index in [1.807, 2.05) is 30.3 Å². The normalized spacial score (nSPS) is 15.7. The summed E-state index contributed by atoms with van der Waals surface area (Å²) >= 11 is 5.70. The van der Waals surface area contributed by atoms with E-state index in [4.69, 9.17) is 11.6 Å². The smallest absolute Gasteiger partial charge is 0.235 e. The van der Waals surface area contributed by atoms with Crippen LogP contribution in [0.2, 0.25) is 5.02 Å². The molecule has 0 spiro atoms. The fourth-order valence-corrected chi connectivity index (χ4v) is 2.52. The third kappa shape index (κ3) is 2.29. The molecule has 0 atom stereocenters. The quantitative estimate of drug-likeness (QED) is 0.903. The van der Waals surface area contributed by atoms with E-state index < -0.39 is 11.2 Å². The van der Waals surface area contributed by atoms with Gasteiger partial charge in [-0.3, -0.25) is 4.79 Å². The maximum atomic E-state index is 13.7. The molecule has 0 aromatic heterocycles. The molecule has 102 valence electrons. The molecule has 4 heteroatoms. The van der Waals surface area contributed by atoms with E-state index in [9.17, 15) is 9.18 Å². The van der Waals surface area contributed by atoms with Crippen LogP contribution < -0.4 is 5.32 Å². The third-order valence-corrected chi connectivity index (χ3v) is 3.93. The number of amides is 1. The summed E-state index contributed by atoms with van der Waals surface area (Å²) in [7, 11) is 0. The van der Waals surface area contributed by atoms with Crippen molar-refractivity contribution in [2.45, 2.75) is 18.3 Å². The van der Waals surface area contributed by atoms with Gasteiger partial charge in [0.25, 0.3) is 0 Å². The van der Waals surface area contributed by atoms with Crippen molar-refractivity contribution in [3.63, 3.8) is 0 Å². The summed E-state index contributed by atoms with van der Waals surface area (Å²) in [6, 6.07) is 13.8. The molecule has 1 amide bonds. The second-order valence-corrected chi connectivity index (χ2v) is 5.46. The zero-order chi connectivity index (χ0) is 14.2. The maximum Gasteiger partial charge on any atom is 0.235 e. The molecule has 20 heavy (non-hydrogen) atoms. The Morgan fingerprint density at radius 2 is 1.85 bits per heavy atom. The van der Waals surface area contributed by atoms with Crippen LogP contribution in [-0.4, -0.2) is 5.91 Å². The van der Waals surface area contributed by atoms with Gasteiger partial charge in [-0.15, -0.1) is 0 Å². The highest BCUT2D eigenvalue weighted by molar-refractivity contribution is 6.30. The number of nitrogens with one attached hydrogen (secondary N) is 1. The fraction of sp³-hybridized carbons (Fsp3) is 0.188. The maximum absolute atomic E-state index is 13.7. The summed E-state index contributed by atoms with van der Waals surface area (Å²) in [6.07, 6.45) is 1.58. The number of halogens is 2. The first kappa shape index (κ1) is 13.1. The van der Waals surface area contributed by atoms with Crippen LogP contribution in [0.1, 0.15) is 18.4 Å². The topological polar surface area (TPSA) is 29.1 Å². The van der Waals surface area contributed by atoms with Crippen LogP contribution in [0.25, 0.3) is 0 Å². The van der Waals surface area contributed by atoms with Crippen LogP contribution in [0.3, 0.4) is 0 Å². The Morgan fingerprint density at radius 1 is 1.15 bits per heavy atom. The minimum absolute atomic E-state index is 0.162. The monoisotopic (exact) mass is 289 g/mol. The van der Waals surface area contributed by atoms with Crippen LogP contribution >= 0.6 is 11.6 Å². The SMILES string of the molecule is O=C(Nc1ccc(Cl)cc1F)C1(c2ccccc2)CC1. The highest BCUT2D eigenvalue weighted by Gasteiger charge is 2.51. The molecule has 2 nitrogen and oxygen atoms in total. The van der Waals surface area contributed by atoms with Crippen molar-refractivity contribution < 1.29 is 9.18 Å². The van der Waals surface area contributed by atoms with Gasteiger partial charge in [0.15, 0.2) is 0 Å². The van der Waals surface area contributed by atoms with Crippen molar-refractivity contribution in [3.8, 4) is 0 Å². The Labute approximate surface area is 121 Å². The van der Waals surface area contributed by atoms with E-state index in [0.29, 0.717) is 5.02 Å². The minimum Gasteiger partial charge on any atom is -0.323 e. The molecule has 1 aliphatic rings. The molecule has 2 aromatic carbocycles. The molecule has 3 rings (SSSR count). The molecule has 1 N–H and O–H groups in total. The van der Waals surface area contributed by atoms with Gasteiger partial charge < -0.3 is 5.32 Å². The first-order valence-electron chi connectivity index (χ1n) is 6.44. The molecule has 1 aliphatic carbocycles. The molecule has 0 heterocycles. The van der Waals surface area contributed by atoms with Crippen LogP contribution in [0.4, 0.5) is 10.1 Å².